The summed E-state index contributed by atoms with van der Waals surface area (Å²) in [5.41, 5.74) is 3.20. The maximum atomic E-state index is 13.2. The second-order valence-corrected chi connectivity index (χ2v) is 9.17. The molecule has 0 aliphatic carbocycles. The number of hydrogen-bond acceptors (Lipinski definition) is 4. The molecule has 0 radical (unpaired) electrons. The number of carboxylic acid groups (broad SMARTS) is 1. The summed E-state index contributed by atoms with van der Waals surface area (Å²) in [4.78, 5) is 30.6. The standard InChI is InChI=1S/C28H24FN5O3S/c29-19-8-10-20(11-9-19)31-24(35)14-17-34-26(25(32-28(34)38)22-4-1-2-15-30-22)23-5-3-16-33(23)21-12-6-18(7-13-21)27(36)37/h1-13,15-16,25-26H,14,17H2,(H,31,35)(H,32,38)(H,36,37). The molecule has 2 aromatic heterocycles. The second-order valence-electron chi connectivity index (χ2n) is 8.78. The van der Waals surface area contributed by atoms with Crippen LogP contribution in [-0.2, 0) is 4.79 Å². The van der Waals surface area contributed by atoms with Gasteiger partial charge >= 0.3 is 5.97 Å². The first-order valence-corrected chi connectivity index (χ1v) is 12.4. The molecule has 1 fully saturated rings. The van der Waals surface area contributed by atoms with Crippen LogP contribution in [0.2, 0.25) is 0 Å². The number of carbonyl (C=O) groups excluding carboxylic acids is 1. The number of aromatic nitrogens is 2. The molecule has 1 amide bonds. The maximum Gasteiger partial charge on any atom is 0.335 e. The summed E-state index contributed by atoms with van der Waals surface area (Å²) in [6.07, 6.45) is 3.78. The summed E-state index contributed by atoms with van der Waals surface area (Å²) in [6.45, 7) is 0.329. The second kappa shape index (κ2) is 10.8. The van der Waals surface area contributed by atoms with Gasteiger partial charge in [0.05, 0.1) is 23.3 Å². The molecule has 1 aliphatic heterocycles. The molecule has 0 spiro atoms. The smallest absolute Gasteiger partial charge is 0.335 e. The molecule has 2 atom stereocenters. The van der Waals surface area contributed by atoms with Crippen molar-refractivity contribution in [2.45, 2.75) is 18.5 Å². The van der Waals surface area contributed by atoms with Gasteiger partial charge in [0, 0.05) is 42.4 Å². The Kier molecular flexibility index (Phi) is 7.14. The van der Waals surface area contributed by atoms with Crippen LogP contribution >= 0.6 is 12.2 Å². The van der Waals surface area contributed by atoms with Crippen molar-refractivity contribution >= 4 is 34.9 Å². The third-order valence-electron chi connectivity index (χ3n) is 6.38. The Balaban J connectivity index is 1.43. The Morgan fingerprint density at radius 1 is 1.03 bits per heavy atom. The maximum absolute atomic E-state index is 13.2. The number of hydrogen-bond donors (Lipinski definition) is 3. The molecule has 0 saturated carbocycles. The Morgan fingerprint density at radius 3 is 2.47 bits per heavy atom. The van der Waals surface area contributed by atoms with Crippen LogP contribution in [0.25, 0.3) is 5.69 Å². The van der Waals surface area contributed by atoms with E-state index in [1.54, 1.807) is 30.5 Å². The van der Waals surface area contributed by atoms with Gasteiger partial charge in [0.25, 0.3) is 0 Å². The SMILES string of the molecule is O=C(CCN1C(=S)NC(c2ccccn2)C1c1cccn1-c1ccc(C(=O)O)cc1)Nc1ccc(F)cc1. The van der Waals surface area contributed by atoms with Crippen molar-refractivity contribution in [2.24, 2.45) is 0 Å². The fourth-order valence-corrected chi connectivity index (χ4v) is 4.91. The summed E-state index contributed by atoms with van der Waals surface area (Å²) < 4.78 is 15.2. The van der Waals surface area contributed by atoms with Crippen molar-refractivity contribution in [3.8, 4) is 5.69 Å². The van der Waals surface area contributed by atoms with Crippen LogP contribution in [0.1, 0.15) is 40.3 Å². The highest BCUT2D eigenvalue weighted by Crippen LogP contribution is 2.39. The number of rotatable bonds is 8. The molecule has 10 heteroatoms. The number of aromatic carboxylic acids is 1. The number of thiocarbonyl (C=S) groups is 1. The Morgan fingerprint density at radius 2 is 1.79 bits per heavy atom. The third kappa shape index (κ3) is 5.25. The minimum absolute atomic E-state index is 0.151. The van der Waals surface area contributed by atoms with Crippen molar-refractivity contribution in [2.75, 3.05) is 11.9 Å². The molecule has 192 valence electrons. The van der Waals surface area contributed by atoms with E-state index >= 15 is 0 Å². The zero-order valence-electron chi connectivity index (χ0n) is 20.1. The van der Waals surface area contributed by atoms with Gasteiger partial charge < -0.3 is 25.2 Å². The number of carboxylic acids is 1. The van der Waals surface area contributed by atoms with Crippen LogP contribution in [0.4, 0.5) is 10.1 Å². The van der Waals surface area contributed by atoms with Crippen molar-refractivity contribution < 1.29 is 19.1 Å². The molecule has 2 unspecified atom stereocenters. The van der Waals surface area contributed by atoms with Gasteiger partial charge in [-0.2, -0.15) is 0 Å². The molecular formula is C28H24FN5O3S. The fourth-order valence-electron chi connectivity index (χ4n) is 4.58. The molecule has 3 heterocycles. The summed E-state index contributed by atoms with van der Waals surface area (Å²) in [6, 6.07) is 21.2. The van der Waals surface area contributed by atoms with Gasteiger partial charge in [-0.15, -0.1) is 0 Å². The number of pyridine rings is 1. The average molecular weight is 530 g/mol. The molecule has 2 aromatic carbocycles. The van der Waals surface area contributed by atoms with E-state index in [4.69, 9.17) is 12.2 Å². The van der Waals surface area contributed by atoms with Crippen LogP contribution in [-0.4, -0.2) is 43.1 Å². The van der Waals surface area contributed by atoms with E-state index in [-0.39, 0.29) is 35.8 Å². The van der Waals surface area contributed by atoms with Crippen LogP contribution in [0.15, 0.2) is 91.3 Å². The lowest BCUT2D eigenvalue weighted by atomic mass is 10.0. The highest BCUT2D eigenvalue weighted by molar-refractivity contribution is 7.80. The average Bonchev–Trinajstić information content (AvgIpc) is 3.53. The summed E-state index contributed by atoms with van der Waals surface area (Å²) in [5.74, 6) is -1.59. The largest absolute Gasteiger partial charge is 0.478 e. The van der Waals surface area contributed by atoms with Gasteiger partial charge in [0.15, 0.2) is 5.11 Å². The molecule has 8 nitrogen and oxygen atoms in total. The normalized spacial score (nSPS) is 16.8. The van der Waals surface area contributed by atoms with E-state index in [0.29, 0.717) is 17.3 Å². The molecule has 1 aliphatic rings. The van der Waals surface area contributed by atoms with E-state index in [9.17, 15) is 19.1 Å². The van der Waals surface area contributed by atoms with Gasteiger partial charge in [-0.3, -0.25) is 9.78 Å². The molecule has 38 heavy (non-hydrogen) atoms. The minimum atomic E-state index is -0.991. The van der Waals surface area contributed by atoms with Crippen molar-refractivity contribution in [3.63, 3.8) is 0 Å². The highest BCUT2D eigenvalue weighted by Gasteiger charge is 2.41. The number of nitrogens with zero attached hydrogens (tertiary/aromatic N) is 3. The zero-order chi connectivity index (χ0) is 26.6. The quantitative estimate of drug-likeness (QED) is 0.284. The number of benzene rings is 2. The number of anilines is 1. The van der Waals surface area contributed by atoms with Gasteiger partial charge in [-0.1, -0.05) is 6.07 Å². The van der Waals surface area contributed by atoms with Crippen molar-refractivity contribution in [3.05, 3.63) is 114 Å². The predicted octanol–water partition coefficient (Wildman–Crippen LogP) is 4.71. The van der Waals surface area contributed by atoms with E-state index in [0.717, 1.165) is 17.1 Å². The summed E-state index contributed by atoms with van der Waals surface area (Å²) in [7, 11) is 0. The molecule has 4 aromatic rings. The van der Waals surface area contributed by atoms with Gasteiger partial charge in [0.1, 0.15) is 5.82 Å². The highest BCUT2D eigenvalue weighted by atomic mass is 32.1. The first-order valence-electron chi connectivity index (χ1n) is 11.9. The van der Waals surface area contributed by atoms with Crippen LogP contribution in [0.5, 0.6) is 0 Å². The lowest BCUT2D eigenvalue weighted by molar-refractivity contribution is -0.116. The van der Waals surface area contributed by atoms with E-state index in [2.05, 4.69) is 15.6 Å². The summed E-state index contributed by atoms with van der Waals surface area (Å²) in [5, 5.41) is 15.9. The molecule has 5 rings (SSSR count). The molecule has 3 N–H and O–H groups in total. The van der Waals surface area contributed by atoms with Gasteiger partial charge in [-0.05, 0) is 85.0 Å². The lowest BCUT2D eigenvalue weighted by Gasteiger charge is -2.29. The number of nitrogens with one attached hydrogen (secondary N) is 2. The van der Waals surface area contributed by atoms with Crippen LogP contribution in [0.3, 0.4) is 0 Å². The Hall–Kier alpha value is -4.57. The molecule has 0 bridgehead atoms. The fraction of sp³-hybridized carbons (Fsp3) is 0.143. The summed E-state index contributed by atoms with van der Waals surface area (Å²) >= 11 is 5.71. The number of halogens is 1. The number of carbonyl (C=O) groups is 2. The van der Waals surface area contributed by atoms with Gasteiger partial charge in [0.2, 0.25) is 5.91 Å². The van der Waals surface area contributed by atoms with Crippen LogP contribution < -0.4 is 10.6 Å². The topological polar surface area (TPSA) is 99.5 Å². The molecular weight excluding hydrogens is 505 g/mol. The van der Waals surface area contributed by atoms with E-state index in [1.807, 2.05) is 46.0 Å². The van der Waals surface area contributed by atoms with Crippen molar-refractivity contribution in [1.82, 2.24) is 19.8 Å². The first kappa shape index (κ1) is 25.1. The lowest BCUT2D eigenvalue weighted by Crippen LogP contribution is -2.33. The minimum Gasteiger partial charge on any atom is -0.478 e. The Labute approximate surface area is 223 Å². The predicted molar refractivity (Wildman–Crippen MR) is 145 cm³/mol. The zero-order valence-corrected chi connectivity index (χ0v) is 20.9. The third-order valence-corrected chi connectivity index (χ3v) is 6.73. The van der Waals surface area contributed by atoms with Crippen LogP contribution in [0, 0.1) is 5.82 Å². The Bertz CT molecular complexity index is 1460. The van der Waals surface area contributed by atoms with Crippen molar-refractivity contribution in [1.29, 1.82) is 0 Å². The first-order chi connectivity index (χ1) is 18.4. The van der Waals surface area contributed by atoms with E-state index < -0.39 is 5.97 Å². The van der Waals surface area contributed by atoms with Gasteiger partial charge in [-0.25, -0.2) is 9.18 Å². The van der Waals surface area contributed by atoms with E-state index in [1.165, 1.54) is 24.3 Å². The molecule has 1 saturated heterocycles. The number of amides is 1. The monoisotopic (exact) mass is 529 g/mol.